The van der Waals surface area contributed by atoms with Crippen molar-refractivity contribution in [3.63, 3.8) is 0 Å². The van der Waals surface area contributed by atoms with Crippen LogP contribution in [-0.2, 0) is 11.0 Å². The van der Waals surface area contributed by atoms with E-state index in [4.69, 9.17) is 4.42 Å². The number of hydrogen-bond acceptors (Lipinski definition) is 3. The van der Waals surface area contributed by atoms with Crippen molar-refractivity contribution in [1.29, 1.82) is 0 Å². The van der Waals surface area contributed by atoms with Crippen molar-refractivity contribution in [2.75, 3.05) is 18.4 Å². The molecule has 0 radical (unpaired) electrons. The Bertz CT molecular complexity index is 768. The summed E-state index contributed by atoms with van der Waals surface area (Å²) < 4.78 is 44.1. The highest BCUT2D eigenvalue weighted by atomic mass is 19.4. The summed E-state index contributed by atoms with van der Waals surface area (Å²) in [7, 11) is 0. The van der Waals surface area contributed by atoms with E-state index in [0.29, 0.717) is 5.76 Å². The number of amides is 2. The first-order valence-electron chi connectivity index (χ1n) is 7.54. The Balaban J connectivity index is 2.10. The SMILES string of the molecule is CCN(CC(=O)Nc1ccccc1C(F)(F)F)C(=O)c1ccc(C)o1. The van der Waals surface area contributed by atoms with Gasteiger partial charge in [-0.1, -0.05) is 12.1 Å². The highest BCUT2D eigenvalue weighted by Gasteiger charge is 2.33. The van der Waals surface area contributed by atoms with E-state index in [9.17, 15) is 22.8 Å². The van der Waals surface area contributed by atoms with Gasteiger partial charge in [0.05, 0.1) is 11.3 Å². The molecule has 0 fully saturated rings. The molecule has 134 valence electrons. The highest BCUT2D eigenvalue weighted by Crippen LogP contribution is 2.34. The van der Waals surface area contributed by atoms with Gasteiger partial charge < -0.3 is 14.6 Å². The van der Waals surface area contributed by atoms with Gasteiger partial charge in [0, 0.05) is 6.54 Å². The summed E-state index contributed by atoms with van der Waals surface area (Å²) in [5.41, 5.74) is -1.29. The molecule has 0 saturated heterocycles. The van der Waals surface area contributed by atoms with Gasteiger partial charge in [-0.3, -0.25) is 9.59 Å². The second-order valence-corrected chi connectivity index (χ2v) is 5.32. The standard InChI is InChI=1S/C17H17F3N2O3/c1-3-22(16(24)14-9-8-11(2)25-14)10-15(23)21-13-7-5-4-6-12(13)17(18,19)20/h4-9H,3,10H2,1-2H3,(H,21,23). The number of anilines is 1. The molecule has 2 amide bonds. The number of carbonyl (C=O) groups is 2. The molecule has 1 N–H and O–H groups in total. The molecule has 2 aromatic rings. The van der Waals surface area contributed by atoms with Gasteiger partial charge in [0.25, 0.3) is 5.91 Å². The van der Waals surface area contributed by atoms with E-state index in [2.05, 4.69) is 5.32 Å². The molecule has 0 aliphatic rings. The summed E-state index contributed by atoms with van der Waals surface area (Å²) in [6, 6.07) is 7.76. The van der Waals surface area contributed by atoms with Crippen molar-refractivity contribution >= 4 is 17.5 Å². The van der Waals surface area contributed by atoms with E-state index in [1.807, 2.05) is 0 Å². The fraction of sp³-hybridized carbons (Fsp3) is 0.294. The smallest absolute Gasteiger partial charge is 0.418 e. The molecular formula is C17H17F3N2O3. The van der Waals surface area contributed by atoms with Crippen molar-refractivity contribution in [3.8, 4) is 0 Å². The van der Waals surface area contributed by atoms with Crippen LogP contribution >= 0.6 is 0 Å². The molecule has 5 nitrogen and oxygen atoms in total. The van der Waals surface area contributed by atoms with Gasteiger partial charge in [-0.15, -0.1) is 0 Å². The predicted octanol–water partition coefficient (Wildman–Crippen LogP) is 3.71. The van der Waals surface area contributed by atoms with Crippen LogP contribution in [0.3, 0.4) is 0 Å². The summed E-state index contributed by atoms with van der Waals surface area (Å²) in [4.78, 5) is 25.6. The van der Waals surface area contributed by atoms with E-state index in [0.717, 1.165) is 12.1 Å². The van der Waals surface area contributed by atoms with Crippen molar-refractivity contribution < 1.29 is 27.2 Å². The second kappa shape index (κ2) is 7.42. The lowest BCUT2D eigenvalue weighted by Gasteiger charge is -2.20. The Labute approximate surface area is 142 Å². The fourth-order valence-electron chi connectivity index (χ4n) is 2.23. The van der Waals surface area contributed by atoms with Gasteiger partial charge in [-0.2, -0.15) is 13.2 Å². The molecular weight excluding hydrogens is 337 g/mol. The molecule has 0 aliphatic heterocycles. The Morgan fingerprint density at radius 2 is 1.84 bits per heavy atom. The minimum absolute atomic E-state index is 0.0721. The summed E-state index contributed by atoms with van der Waals surface area (Å²) in [5.74, 6) is -0.615. The lowest BCUT2D eigenvalue weighted by molar-refractivity contribution is -0.137. The molecule has 0 aliphatic carbocycles. The van der Waals surface area contributed by atoms with E-state index in [1.54, 1.807) is 19.9 Å². The van der Waals surface area contributed by atoms with Crippen LogP contribution in [0.15, 0.2) is 40.8 Å². The zero-order valence-electron chi connectivity index (χ0n) is 13.7. The Kier molecular flexibility index (Phi) is 5.51. The maximum Gasteiger partial charge on any atom is 0.418 e. The third-order valence-electron chi connectivity index (χ3n) is 3.46. The highest BCUT2D eigenvalue weighted by molar-refractivity contribution is 5.98. The number of halogens is 3. The monoisotopic (exact) mass is 354 g/mol. The Hall–Kier alpha value is -2.77. The number of para-hydroxylation sites is 1. The molecule has 25 heavy (non-hydrogen) atoms. The van der Waals surface area contributed by atoms with Crippen molar-refractivity contribution in [3.05, 3.63) is 53.5 Å². The first-order valence-corrected chi connectivity index (χ1v) is 7.54. The average Bonchev–Trinajstić information content (AvgIpc) is 2.98. The number of likely N-dealkylation sites (N-methyl/N-ethyl adjacent to an activating group) is 1. The number of nitrogens with one attached hydrogen (secondary N) is 1. The number of rotatable bonds is 5. The summed E-state index contributed by atoms with van der Waals surface area (Å²) in [6.07, 6.45) is -4.59. The quantitative estimate of drug-likeness (QED) is 0.890. The molecule has 0 bridgehead atoms. The molecule has 0 saturated carbocycles. The normalized spacial score (nSPS) is 11.2. The molecule has 1 heterocycles. The minimum atomic E-state index is -4.59. The molecule has 2 rings (SSSR count). The number of nitrogens with zero attached hydrogens (tertiary/aromatic N) is 1. The number of benzene rings is 1. The van der Waals surface area contributed by atoms with Crippen LogP contribution in [0.2, 0.25) is 0 Å². The van der Waals surface area contributed by atoms with Crippen LogP contribution in [0.1, 0.15) is 28.8 Å². The van der Waals surface area contributed by atoms with E-state index < -0.39 is 23.6 Å². The van der Waals surface area contributed by atoms with Crippen LogP contribution in [0.4, 0.5) is 18.9 Å². The molecule has 0 atom stereocenters. The second-order valence-electron chi connectivity index (χ2n) is 5.32. The van der Waals surface area contributed by atoms with Gasteiger partial charge in [0.2, 0.25) is 5.91 Å². The largest absolute Gasteiger partial charge is 0.456 e. The molecule has 8 heteroatoms. The number of furan rings is 1. The van der Waals surface area contributed by atoms with Gasteiger partial charge >= 0.3 is 6.18 Å². The predicted molar refractivity (Wildman–Crippen MR) is 85.1 cm³/mol. The van der Waals surface area contributed by atoms with Gasteiger partial charge in [-0.05, 0) is 38.1 Å². The third kappa shape index (κ3) is 4.62. The summed E-state index contributed by atoms with van der Waals surface area (Å²) >= 11 is 0. The minimum Gasteiger partial charge on any atom is -0.456 e. The third-order valence-corrected chi connectivity index (χ3v) is 3.46. The van der Waals surface area contributed by atoms with Gasteiger partial charge in [0.15, 0.2) is 5.76 Å². The van der Waals surface area contributed by atoms with Gasteiger partial charge in [0.1, 0.15) is 12.3 Å². The van der Waals surface area contributed by atoms with Crippen LogP contribution in [-0.4, -0.2) is 29.8 Å². The van der Waals surface area contributed by atoms with Gasteiger partial charge in [-0.25, -0.2) is 0 Å². The molecule has 0 spiro atoms. The topological polar surface area (TPSA) is 62.6 Å². The van der Waals surface area contributed by atoms with Crippen molar-refractivity contribution in [1.82, 2.24) is 4.90 Å². The van der Waals surface area contributed by atoms with E-state index in [1.165, 1.54) is 23.1 Å². The van der Waals surface area contributed by atoms with E-state index in [-0.39, 0.29) is 24.5 Å². The lowest BCUT2D eigenvalue weighted by Crippen LogP contribution is -2.38. The number of hydrogen-bond donors (Lipinski definition) is 1. The Morgan fingerprint density at radius 3 is 2.40 bits per heavy atom. The molecule has 1 aromatic carbocycles. The molecule has 0 unspecified atom stereocenters. The van der Waals surface area contributed by atoms with E-state index >= 15 is 0 Å². The Morgan fingerprint density at radius 1 is 1.16 bits per heavy atom. The average molecular weight is 354 g/mol. The van der Waals surface area contributed by atoms with Crippen LogP contribution < -0.4 is 5.32 Å². The fourth-order valence-corrected chi connectivity index (χ4v) is 2.23. The maximum absolute atomic E-state index is 13.0. The van der Waals surface area contributed by atoms with Crippen molar-refractivity contribution in [2.24, 2.45) is 0 Å². The number of carbonyl (C=O) groups excluding carboxylic acids is 2. The van der Waals surface area contributed by atoms with Crippen LogP contribution in [0.5, 0.6) is 0 Å². The zero-order chi connectivity index (χ0) is 18.6. The van der Waals surface area contributed by atoms with Crippen LogP contribution in [0.25, 0.3) is 0 Å². The number of aryl methyl sites for hydroxylation is 1. The van der Waals surface area contributed by atoms with Crippen LogP contribution in [0, 0.1) is 6.92 Å². The van der Waals surface area contributed by atoms with Crippen molar-refractivity contribution in [2.45, 2.75) is 20.0 Å². The zero-order valence-corrected chi connectivity index (χ0v) is 13.7. The summed E-state index contributed by atoms with van der Waals surface area (Å²) in [6.45, 7) is 3.15. The maximum atomic E-state index is 13.0. The first kappa shape index (κ1) is 18.6. The summed E-state index contributed by atoms with van der Waals surface area (Å²) in [5, 5.41) is 2.21. The lowest BCUT2D eigenvalue weighted by atomic mass is 10.1. The first-order chi connectivity index (χ1) is 11.7. The number of alkyl halides is 3. The molecule has 1 aromatic heterocycles.